The highest BCUT2D eigenvalue weighted by atomic mass is 32.2. The predicted octanol–water partition coefficient (Wildman–Crippen LogP) is 0.473. The largest absolute Gasteiger partial charge is 0.480 e. The van der Waals surface area contributed by atoms with Gasteiger partial charge in [-0.15, -0.1) is 0 Å². The van der Waals surface area contributed by atoms with E-state index >= 15 is 0 Å². The van der Waals surface area contributed by atoms with Crippen molar-refractivity contribution in [2.24, 2.45) is 5.92 Å². The van der Waals surface area contributed by atoms with Crippen LogP contribution in [-0.4, -0.2) is 44.2 Å². The number of sulfonamides is 1. The molecule has 1 aromatic carbocycles. The van der Waals surface area contributed by atoms with Crippen LogP contribution in [0.2, 0.25) is 0 Å². The van der Waals surface area contributed by atoms with Gasteiger partial charge in [-0.05, 0) is 43.5 Å². The van der Waals surface area contributed by atoms with Crippen molar-refractivity contribution in [1.82, 2.24) is 15.4 Å². The van der Waals surface area contributed by atoms with Crippen molar-refractivity contribution in [3.8, 4) is 0 Å². The first-order valence-electron chi connectivity index (χ1n) is 9.66. The average Bonchev–Trinajstić information content (AvgIpc) is 3.02. The molecule has 162 valence electrons. The van der Waals surface area contributed by atoms with E-state index < -0.39 is 28.0 Å². The van der Waals surface area contributed by atoms with Crippen molar-refractivity contribution in [3.63, 3.8) is 0 Å². The number of carboxylic acid groups (broad SMARTS) is 1. The fraction of sp³-hybridized carbons (Fsp3) is 0.400. The van der Waals surface area contributed by atoms with Crippen LogP contribution in [0.3, 0.4) is 0 Å². The first-order chi connectivity index (χ1) is 14.1. The van der Waals surface area contributed by atoms with Gasteiger partial charge < -0.3 is 20.2 Å². The third kappa shape index (κ3) is 4.49. The topological polar surface area (TPSA) is 138 Å². The number of carbonyl (C=O) groups is 2. The van der Waals surface area contributed by atoms with Crippen LogP contribution in [-0.2, 0) is 14.8 Å². The van der Waals surface area contributed by atoms with Gasteiger partial charge in [0.05, 0.1) is 10.9 Å². The Morgan fingerprint density at radius 2 is 2.03 bits per heavy atom. The van der Waals surface area contributed by atoms with Crippen molar-refractivity contribution in [1.29, 1.82) is 0 Å². The highest BCUT2D eigenvalue weighted by Gasteiger charge is 2.28. The molecular weight excluding hydrogens is 410 g/mol. The fourth-order valence-corrected chi connectivity index (χ4v) is 4.66. The van der Waals surface area contributed by atoms with E-state index in [0.717, 1.165) is 5.22 Å². The Bertz CT molecular complexity index is 1200. The summed E-state index contributed by atoms with van der Waals surface area (Å²) in [7, 11) is -4.04. The van der Waals surface area contributed by atoms with Gasteiger partial charge in [-0.2, -0.15) is 4.72 Å². The Balaban J connectivity index is 1.95. The molecule has 1 unspecified atom stereocenters. The fourth-order valence-electron chi connectivity index (χ4n) is 3.30. The molecule has 2 atom stereocenters. The van der Waals surface area contributed by atoms with Crippen LogP contribution in [0.25, 0.3) is 23.1 Å². The van der Waals surface area contributed by atoms with E-state index in [4.69, 9.17) is 4.42 Å². The summed E-state index contributed by atoms with van der Waals surface area (Å²) in [5.74, 6) is -1.65. The number of benzene rings is 1. The maximum absolute atomic E-state index is 12.7. The highest BCUT2D eigenvalue weighted by Crippen LogP contribution is 2.18. The molecule has 10 heteroatoms. The SMILES string of the molecule is CCNC(=O)NC1C=c2oc3ccc(S(=O)(=O)N[C@H](C(=O)O)C(C)C)cc3c2=CC1. The number of urea groups is 1. The summed E-state index contributed by atoms with van der Waals surface area (Å²) in [6.07, 6.45) is 4.20. The molecule has 1 aromatic heterocycles. The zero-order valence-corrected chi connectivity index (χ0v) is 17.7. The Kier molecular flexibility index (Phi) is 6.18. The van der Waals surface area contributed by atoms with Crippen LogP contribution < -0.4 is 26.0 Å². The summed E-state index contributed by atoms with van der Waals surface area (Å²) in [4.78, 5) is 23.1. The first kappa shape index (κ1) is 21.8. The van der Waals surface area contributed by atoms with E-state index in [2.05, 4.69) is 15.4 Å². The number of carbonyl (C=O) groups excluding carboxylic acids is 1. The van der Waals surface area contributed by atoms with Crippen LogP contribution in [0.5, 0.6) is 0 Å². The molecular formula is C20H25N3O6S. The van der Waals surface area contributed by atoms with Gasteiger partial charge >= 0.3 is 12.0 Å². The molecule has 1 aliphatic rings. The molecule has 0 bridgehead atoms. The minimum absolute atomic E-state index is 0.0403. The number of hydrogen-bond acceptors (Lipinski definition) is 5. The number of furan rings is 1. The van der Waals surface area contributed by atoms with Crippen molar-refractivity contribution in [2.45, 2.75) is 44.2 Å². The second kappa shape index (κ2) is 8.49. The van der Waals surface area contributed by atoms with Crippen molar-refractivity contribution >= 4 is 45.1 Å². The van der Waals surface area contributed by atoms with Crippen LogP contribution in [0, 0.1) is 5.92 Å². The second-order valence-electron chi connectivity index (χ2n) is 7.44. The van der Waals surface area contributed by atoms with E-state index in [0.29, 0.717) is 29.4 Å². The van der Waals surface area contributed by atoms with Gasteiger partial charge in [-0.3, -0.25) is 4.79 Å². The zero-order valence-electron chi connectivity index (χ0n) is 16.9. The Hall–Kier alpha value is -2.85. The lowest BCUT2D eigenvalue weighted by Crippen LogP contribution is -2.44. The number of nitrogens with one attached hydrogen (secondary N) is 3. The molecule has 0 spiro atoms. The number of aliphatic carboxylic acids is 1. The van der Waals surface area contributed by atoms with Gasteiger partial charge in [0, 0.05) is 17.1 Å². The van der Waals surface area contributed by atoms with Crippen molar-refractivity contribution in [3.05, 3.63) is 28.8 Å². The predicted molar refractivity (Wildman–Crippen MR) is 112 cm³/mol. The minimum Gasteiger partial charge on any atom is -0.480 e. The molecule has 9 nitrogen and oxygen atoms in total. The maximum Gasteiger partial charge on any atom is 0.322 e. The van der Waals surface area contributed by atoms with Crippen LogP contribution in [0.4, 0.5) is 4.79 Å². The summed E-state index contributed by atoms with van der Waals surface area (Å²) < 4.78 is 33.6. The number of fused-ring (bicyclic) bond motifs is 3. The Labute approximate surface area is 173 Å². The zero-order chi connectivity index (χ0) is 22.1. The van der Waals surface area contributed by atoms with E-state index in [1.54, 1.807) is 26.0 Å². The van der Waals surface area contributed by atoms with Gasteiger partial charge in [0.2, 0.25) is 10.0 Å². The van der Waals surface area contributed by atoms with E-state index in [1.165, 1.54) is 12.1 Å². The summed E-state index contributed by atoms with van der Waals surface area (Å²) in [6.45, 7) is 5.61. The maximum atomic E-state index is 12.7. The van der Waals surface area contributed by atoms with Gasteiger partial charge in [0.25, 0.3) is 0 Å². The molecule has 2 aromatic rings. The second-order valence-corrected chi connectivity index (χ2v) is 9.15. The number of carboxylic acids is 1. The molecule has 2 amide bonds. The van der Waals surface area contributed by atoms with E-state index in [9.17, 15) is 23.1 Å². The molecule has 0 aliphatic heterocycles. The molecule has 0 saturated heterocycles. The average molecular weight is 436 g/mol. The summed E-state index contributed by atoms with van der Waals surface area (Å²) >= 11 is 0. The molecule has 0 saturated carbocycles. The third-order valence-electron chi connectivity index (χ3n) is 4.83. The molecule has 30 heavy (non-hydrogen) atoms. The summed E-state index contributed by atoms with van der Waals surface area (Å²) in [6, 6.07) is 2.65. The normalized spacial score (nSPS) is 17.0. The Morgan fingerprint density at radius 3 is 2.67 bits per heavy atom. The van der Waals surface area contributed by atoms with E-state index in [1.807, 2.05) is 13.0 Å². The highest BCUT2D eigenvalue weighted by molar-refractivity contribution is 7.89. The van der Waals surface area contributed by atoms with Gasteiger partial charge in [-0.1, -0.05) is 19.9 Å². The van der Waals surface area contributed by atoms with Gasteiger partial charge in [-0.25, -0.2) is 13.2 Å². The van der Waals surface area contributed by atoms with Crippen LogP contribution in [0.15, 0.2) is 27.5 Å². The molecule has 1 heterocycles. The van der Waals surface area contributed by atoms with E-state index in [-0.39, 0.29) is 17.0 Å². The number of rotatable bonds is 7. The molecule has 0 fully saturated rings. The van der Waals surface area contributed by atoms with Crippen LogP contribution >= 0.6 is 0 Å². The number of hydrogen-bond donors (Lipinski definition) is 4. The van der Waals surface area contributed by atoms with Crippen molar-refractivity contribution in [2.75, 3.05) is 6.54 Å². The molecule has 4 N–H and O–H groups in total. The summed E-state index contributed by atoms with van der Waals surface area (Å²) in [5, 5.41) is 16.1. The monoisotopic (exact) mass is 435 g/mol. The van der Waals surface area contributed by atoms with Gasteiger partial charge in [0.1, 0.15) is 17.0 Å². The molecule has 0 radical (unpaired) electrons. The molecule has 3 rings (SSSR count). The minimum atomic E-state index is -4.04. The summed E-state index contributed by atoms with van der Waals surface area (Å²) in [5.41, 5.74) is 1.05. The third-order valence-corrected chi connectivity index (χ3v) is 6.27. The smallest absolute Gasteiger partial charge is 0.322 e. The molecule has 1 aliphatic carbocycles. The quantitative estimate of drug-likeness (QED) is 0.499. The van der Waals surface area contributed by atoms with Crippen molar-refractivity contribution < 1.29 is 27.5 Å². The standard InChI is InChI=1S/C20H25N3O6S/c1-4-21-20(26)22-12-5-7-14-15-10-13(6-8-16(15)29-17(14)9-12)30(27,28)23-18(11(2)3)19(24)25/h6-12,18,23H,4-5H2,1-3H3,(H,24,25)(H2,21,22,26)/t12?,18-/m0/s1. The van der Waals surface area contributed by atoms with Gasteiger partial charge in [0.15, 0.2) is 0 Å². The lowest BCUT2D eigenvalue weighted by atomic mass is 10.1. The first-order valence-corrected chi connectivity index (χ1v) is 11.1. The lowest BCUT2D eigenvalue weighted by Gasteiger charge is -2.18. The van der Waals surface area contributed by atoms with Crippen LogP contribution in [0.1, 0.15) is 27.2 Å². The lowest BCUT2D eigenvalue weighted by molar-refractivity contribution is -0.140. The Morgan fingerprint density at radius 1 is 1.30 bits per heavy atom. The number of amides is 2.